The molecule has 0 aromatic carbocycles. The zero-order valence-electron chi connectivity index (χ0n) is 13.6. The van der Waals surface area contributed by atoms with Crippen LogP contribution in [-0.4, -0.2) is 43.7 Å². The van der Waals surface area contributed by atoms with Crippen molar-refractivity contribution in [3.63, 3.8) is 0 Å². The molecule has 7 heteroatoms. The van der Waals surface area contributed by atoms with E-state index in [1.54, 1.807) is 0 Å². The van der Waals surface area contributed by atoms with Gasteiger partial charge in [0.1, 0.15) is 23.2 Å². The van der Waals surface area contributed by atoms with Gasteiger partial charge in [-0.05, 0) is 39.2 Å². The second kappa shape index (κ2) is 4.69. The summed E-state index contributed by atoms with van der Waals surface area (Å²) in [5, 5.41) is 11.2. The van der Waals surface area contributed by atoms with Crippen LogP contribution in [0.5, 0.6) is 0 Å². The molecular formula is C17H20ClN3O3. The first-order valence-electron chi connectivity index (χ1n) is 8.39. The number of nitrogens with zero attached hydrogens (tertiary/aromatic N) is 3. The molecule has 2 aromatic rings. The molecule has 1 N–H and O–H groups in total. The molecular weight excluding hydrogens is 330 g/mol. The van der Waals surface area contributed by atoms with E-state index in [9.17, 15) is 5.11 Å². The van der Waals surface area contributed by atoms with Gasteiger partial charge in [-0.2, -0.15) is 0 Å². The fraction of sp³-hybridized carbons (Fsp3) is 0.647. The molecule has 5 rings (SSSR count). The van der Waals surface area contributed by atoms with E-state index < -0.39 is 5.79 Å². The van der Waals surface area contributed by atoms with Crippen molar-refractivity contribution in [3.05, 3.63) is 23.7 Å². The SMILES string of the molecule is CC1(C)O[C@H]2[C@H](n3ccc4c(Cl)ncnc43)CC3(CC(O)C3)[C@H]2O1. The van der Waals surface area contributed by atoms with Crippen LogP contribution in [-0.2, 0) is 9.47 Å². The first-order valence-corrected chi connectivity index (χ1v) is 8.77. The smallest absolute Gasteiger partial charge is 0.163 e. The summed E-state index contributed by atoms with van der Waals surface area (Å²) in [4.78, 5) is 8.48. The van der Waals surface area contributed by atoms with Crippen molar-refractivity contribution >= 4 is 22.6 Å². The van der Waals surface area contributed by atoms with Crippen molar-refractivity contribution in [1.82, 2.24) is 14.5 Å². The molecule has 1 saturated heterocycles. The number of rotatable bonds is 1. The average Bonchev–Trinajstić information content (AvgIpc) is 3.11. The summed E-state index contributed by atoms with van der Waals surface area (Å²) in [6, 6.07) is 2.07. The van der Waals surface area contributed by atoms with E-state index in [2.05, 4.69) is 14.5 Å². The third kappa shape index (κ3) is 1.94. The van der Waals surface area contributed by atoms with E-state index in [0.717, 1.165) is 30.3 Å². The fourth-order valence-corrected chi connectivity index (χ4v) is 5.13. The first kappa shape index (κ1) is 15.1. The number of ether oxygens (including phenoxy) is 2. The van der Waals surface area contributed by atoms with Crippen LogP contribution in [0.3, 0.4) is 0 Å². The Kier molecular flexibility index (Phi) is 2.95. The number of fused-ring (bicyclic) bond motifs is 3. The monoisotopic (exact) mass is 349 g/mol. The topological polar surface area (TPSA) is 69.4 Å². The highest BCUT2D eigenvalue weighted by atomic mass is 35.5. The summed E-state index contributed by atoms with van der Waals surface area (Å²) in [5.74, 6) is -0.600. The van der Waals surface area contributed by atoms with Gasteiger partial charge in [0, 0.05) is 11.6 Å². The molecule has 0 amide bonds. The van der Waals surface area contributed by atoms with Crippen molar-refractivity contribution in [3.8, 4) is 0 Å². The van der Waals surface area contributed by atoms with Gasteiger partial charge in [0.2, 0.25) is 0 Å². The predicted molar refractivity (Wildman–Crippen MR) is 87.7 cm³/mol. The lowest BCUT2D eigenvalue weighted by Crippen LogP contribution is -2.48. The van der Waals surface area contributed by atoms with Gasteiger partial charge >= 0.3 is 0 Å². The summed E-state index contributed by atoms with van der Waals surface area (Å²) in [5.41, 5.74) is 0.819. The largest absolute Gasteiger partial charge is 0.393 e. The maximum atomic E-state index is 9.91. The Hall–Kier alpha value is -1.21. The number of aromatic nitrogens is 3. The number of hydrogen-bond acceptors (Lipinski definition) is 5. The second-order valence-electron chi connectivity index (χ2n) is 7.84. The van der Waals surface area contributed by atoms with Crippen molar-refractivity contribution in [1.29, 1.82) is 0 Å². The molecule has 3 heterocycles. The van der Waals surface area contributed by atoms with E-state index in [1.807, 2.05) is 26.1 Å². The molecule has 2 saturated carbocycles. The molecule has 0 bridgehead atoms. The Morgan fingerprint density at radius 3 is 2.79 bits per heavy atom. The van der Waals surface area contributed by atoms with E-state index in [0.29, 0.717) is 5.15 Å². The minimum Gasteiger partial charge on any atom is -0.393 e. The van der Waals surface area contributed by atoms with Gasteiger partial charge in [0.15, 0.2) is 5.79 Å². The van der Waals surface area contributed by atoms with Crippen LogP contribution < -0.4 is 0 Å². The molecule has 1 aliphatic heterocycles. The van der Waals surface area contributed by atoms with E-state index in [4.69, 9.17) is 21.1 Å². The number of hydrogen-bond donors (Lipinski definition) is 1. The van der Waals surface area contributed by atoms with Gasteiger partial charge in [0.25, 0.3) is 0 Å². The van der Waals surface area contributed by atoms with Gasteiger partial charge < -0.3 is 19.1 Å². The second-order valence-corrected chi connectivity index (χ2v) is 8.20. The minimum absolute atomic E-state index is 0.00403. The van der Waals surface area contributed by atoms with Crippen molar-refractivity contribution in [2.75, 3.05) is 0 Å². The van der Waals surface area contributed by atoms with Crippen molar-refractivity contribution < 1.29 is 14.6 Å². The Bertz CT molecular complexity index is 815. The Labute approximate surface area is 144 Å². The van der Waals surface area contributed by atoms with Gasteiger partial charge in [-0.3, -0.25) is 0 Å². The van der Waals surface area contributed by atoms with Gasteiger partial charge in [-0.25, -0.2) is 9.97 Å². The highest BCUT2D eigenvalue weighted by molar-refractivity contribution is 6.33. The molecule has 2 aromatic heterocycles. The number of aliphatic hydroxyl groups excluding tert-OH is 1. The molecule has 0 radical (unpaired) electrons. The van der Waals surface area contributed by atoms with E-state index >= 15 is 0 Å². The molecule has 3 fully saturated rings. The normalized spacial score (nSPS) is 40.2. The summed E-state index contributed by atoms with van der Waals surface area (Å²) >= 11 is 6.19. The maximum absolute atomic E-state index is 9.91. The molecule has 6 nitrogen and oxygen atoms in total. The summed E-state index contributed by atoms with van der Waals surface area (Å²) in [6.45, 7) is 3.91. The van der Waals surface area contributed by atoms with Crippen LogP contribution in [0.1, 0.15) is 39.2 Å². The summed E-state index contributed by atoms with van der Waals surface area (Å²) in [6.07, 6.45) is 5.71. The lowest BCUT2D eigenvalue weighted by molar-refractivity contribution is -0.187. The average molecular weight is 350 g/mol. The summed E-state index contributed by atoms with van der Waals surface area (Å²) in [7, 11) is 0. The van der Waals surface area contributed by atoms with E-state index in [-0.39, 0.29) is 29.8 Å². The first-order chi connectivity index (χ1) is 11.4. The molecule has 128 valence electrons. The Morgan fingerprint density at radius 2 is 2.04 bits per heavy atom. The third-order valence-corrected chi connectivity index (χ3v) is 6.13. The van der Waals surface area contributed by atoms with Gasteiger partial charge in [-0.1, -0.05) is 11.6 Å². The lowest BCUT2D eigenvalue weighted by atomic mass is 9.64. The van der Waals surface area contributed by atoms with Crippen LogP contribution in [0.15, 0.2) is 18.6 Å². The van der Waals surface area contributed by atoms with Gasteiger partial charge in [-0.15, -0.1) is 0 Å². The standard InChI is InChI=1S/C17H20ClN3O3/c1-16(2)23-12-11(7-17(13(12)24-16)5-9(22)6-17)21-4-3-10-14(18)19-8-20-15(10)21/h3-4,8-9,11-13,22H,5-7H2,1-2H3/t9?,11-,12+,13+,17?/m1/s1. The molecule has 1 spiro atoms. The van der Waals surface area contributed by atoms with Crippen LogP contribution >= 0.6 is 11.6 Å². The van der Waals surface area contributed by atoms with Crippen LogP contribution in [0.2, 0.25) is 5.15 Å². The Morgan fingerprint density at radius 1 is 1.25 bits per heavy atom. The van der Waals surface area contributed by atoms with Gasteiger partial charge in [0.05, 0.1) is 23.6 Å². The molecule has 2 aliphatic carbocycles. The molecule has 3 aliphatic rings. The van der Waals surface area contributed by atoms with Crippen molar-refractivity contribution in [2.45, 2.75) is 63.3 Å². The van der Waals surface area contributed by atoms with Crippen molar-refractivity contribution in [2.24, 2.45) is 5.41 Å². The van der Waals surface area contributed by atoms with Crippen LogP contribution in [0.4, 0.5) is 0 Å². The molecule has 3 atom stereocenters. The fourth-order valence-electron chi connectivity index (χ4n) is 4.93. The minimum atomic E-state index is -0.600. The quantitative estimate of drug-likeness (QED) is 0.802. The maximum Gasteiger partial charge on any atom is 0.163 e. The third-order valence-electron chi connectivity index (χ3n) is 5.83. The highest BCUT2D eigenvalue weighted by Crippen LogP contribution is 2.62. The predicted octanol–water partition coefficient (Wildman–Crippen LogP) is 2.69. The molecule has 0 unspecified atom stereocenters. The zero-order chi connectivity index (χ0) is 16.7. The van der Waals surface area contributed by atoms with E-state index in [1.165, 1.54) is 6.33 Å². The number of aliphatic hydroxyl groups is 1. The lowest BCUT2D eigenvalue weighted by Gasteiger charge is -2.46. The highest BCUT2D eigenvalue weighted by Gasteiger charge is 2.65. The Balaban J connectivity index is 1.59. The van der Waals surface area contributed by atoms with Crippen LogP contribution in [0, 0.1) is 5.41 Å². The number of halogens is 1. The summed E-state index contributed by atoms with van der Waals surface area (Å²) < 4.78 is 14.6. The molecule has 24 heavy (non-hydrogen) atoms. The zero-order valence-corrected chi connectivity index (χ0v) is 14.4. The van der Waals surface area contributed by atoms with Crippen LogP contribution in [0.25, 0.3) is 11.0 Å².